The predicted molar refractivity (Wildman–Crippen MR) is 83.8 cm³/mol. The van der Waals surface area contributed by atoms with Crippen LogP contribution >= 0.6 is 34.2 Å². The molecule has 0 unspecified atom stereocenters. The van der Waals surface area contributed by atoms with Crippen LogP contribution in [0.4, 0.5) is 0 Å². The zero-order valence-electron chi connectivity index (χ0n) is 10.4. The Morgan fingerprint density at radius 1 is 1.58 bits per heavy atom. The zero-order chi connectivity index (χ0) is 14.4. The Bertz CT molecular complexity index is 494. The van der Waals surface area contributed by atoms with Crippen molar-refractivity contribution in [3.05, 3.63) is 32.4 Å². The first-order valence-corrected chi connectivity index (χ1v) is 7.16. The lowest BCUT2D eigenvalue weighted by Gasteiger charge is -2.20. The van der Waals surface area contributed by atoms with E-state index in [-0.39, 0.29) is 11.7 Å². The van der Waals surface area contributed by atoms with E-state index in [0.717, 1.165) is 3.57 Å². The maximum absolute atomic E-state index is 12.3. The molecule has 104 valence electrons. The molecular formula is C12H15ClIN3O2. The maximum Gasteiger partial charge on any atom is 0.253 e. The molecule has 0 atom stereocenters. The third kappa shape index (κ3) is 4.54. The molecule has 0 fully saturated rings. The average molecular weight is 396 g/mol. The Morgan fingerprint density at radius 2 is 2.26 bits per heavy atom. The number of benzene rings is 1. The topological polar surface area (TPSA) is 78.9 Å². The summed E-state index contributed by atoms with van der Waals surface area (Å²) in [5, 5.41) is 11.9. The zero-order valence-corrected chi connectivity index (χ0v) is 13.3. The van der Waals surface area contributed by atoms with Crippen LogP contribution in [0.25, 0.3) is 0 Å². The summed E-state index contributed by atoms with van der Waals surface area (Å²) in [7, 11) is 0. The summed E-state index contributed by atoms with van der Waals surface area (Å²) in [4.78, 5) is 13.9. The fourth-order valence-electron chi connectivity index (χ4n) is 1.51. The van der Waals surface area contributed by atoms with Crippen molar-refractivity contribution in [1.29, 1.82) is 0 Å². The van der Waals surface area contributed by atoms with E-state index in [4.69, 9.17) is 22.5 Å². The van der Waals surface area contributed by atoms with Crippen molar-refractivity contribution in [2.45, 2.75) is 13.3 Å². The van der Waals surface area contributed by atoms with Gasteiger partial charge in [-0.2, -0.15) is 0 Å². The molecule has 0 bridgehead atoms. The summed E-state index contributed by atoms with van der Waals surface area (Å²) in [6, 6.07) is 5.19. The number of amidine groups is 1. The second-order valence-electron chi connectivity index (χ2n) is 3.86. The van der Waals surface area contributed by atoms with E-state index >= 15 is 0 Å². The van der Waals surface area contributed by atoms with E-state index in [2.05, 4.69) is 27.7 Å². The van der Waals surface area contributed by atoms with E-state index in [1.54, 1.807) is 23.1 Å². The summed E-state index contributed by atoms with van der Waals surface area (Å²) in [6.07, 6.45) is 0.328. The molecule has 0 saturated carbocycles. The van der Waals surface area contributed by atoms with Gasteiger partial charge in [0.05, 0.1) is 5.02 Å². The number of hydrogen-bond donors (Lipinski definition) is 2. The van der Waals surface area contributed by atoms with Gasteiger partial charge in [-0.15, -0.1) is 0 Å². The average Bonchev–Trinajstić information content (AvgIpc) is 2.41. The maximum atomic E-state index is 12.3. The van der Waals surface area contributed by atoms with Crippen LogP contribution in [0.2, 0.25) is 5.02 Å². The van der Waals surface area contributed by atoms with Gasteiger partial charge in [0.1, 0.15) is 5.84 Å². The number of carbonyl (C=O) groups is 1. The number of hydrogen-bond acceptors (Lipinski definition) is 3. The first-order valence-electron chi connectivity index (χ1n) is 5.70. The first-order chi connectivity index (χ1) is 8.99. The van der Waals surface area contributed by atoms with Crippen molar-refractivity contribution in [2.24, 2.45) is 10.9 Å². The van der Waals surface area contributed by atoms with Crippen LogP contribution in [-0.2, 0) is 0 Å². The Kier molecular flexibility index (Phi) is 6.36. The van der Waals surface area contributed by atoms with Crippen molar-refractivity contribution < 1.29 is 10.0 Å². The number of amides is 1. The SMILES string of the molecule is CCN(CC/C(N)=N/O)C(=O)c1ccc(I)c(Cl)c1. The summed E-state index contributed by atoms with van der Waals surface area (Å²) >= 11 is 8.11. The molecule has 1 rings (SSSR count). The van der Waals surface area contributed by atoms with Crippen LogP contribution in [0, 0.1) is 3.57 Å². The summed E-state index contributed by atoms with van der Waals surface area (Å²) in [5.74, 6) is -0.0153. The first kappa shape index (κ1) is 16.0. The molecule has 1 amide bonds. The standard InChI is InChI=1S/C12H15ClIN3O2/c1-2-17(6-5-11(15)16-19)12(18)8-3-4-10(14)9(13)7-8/h3-4,7,19H,2,5-6H2,1H3,(H2,15,16). The van der Waals surface area contributed by atoms with E-state index in [1.807, 2.05) is 6.92 Å². The minimum atomic E-state index is -0.119. The van der Waals surface area contributed by atoms with Crippen molar-refractivity contribution in [1.82, 2.24) is 4.90 Å². The molecule has 1 aromatic carbocycles. The van der Waals surface area contributed by atoms with Crippen molar-refractivity contribution in [2.75, 3.05) is 13.1 Å². The molecule has 0 aliphatic carbocycles. The highest BCUT2D eigenvalue weighted by Crippen LogP contribution is 2.20. The van der Waals surface area contributed by atoms with Gasteiger partial charge >= 0.3 is 0 Å². The van der Waals surface area contributed by atoms with E-state index in [0.29, 0.717) is 30.1 Å². The predicted octanol–water partition coefficient (Wildman–Crippen LogP) is 2.54. The number of halogens is 2. The van der Waals surface area contributed by atoms with E-state index in [9.17, 15) is 4.79 Å². The molecule has 19 heavy (non-hydrogen) atoms. The van der Waals surface area contributed by atoms with Crippen molar-refractivity contribution in [3.63, 3.8) is 0 Å². The van der Waals surface area contributed by atoms with Gasteiger partial charge in [0.25, 0.3) is 5.91 Å². The third-order valence-electron chi connectivity index (χ3n) is 2.60. The summed E-state index contributed by atoms with van der Waals surface area (Å²) in [5.41, 5.74) is 5.93. The molecule has 0 aliphatic heterocycles. The molecule has 0 aromatic heterocycles. The van der Waals surface area contributed by atoms with Crippen LogP contribution in [0.5, 0.6) is 0 Å². The number of nitrogens with two attached hydrogens (primary N) is 1. The van der Waals surface area contributed by atoms with Gasteiger partial charge in [0, 0.05) is 28.6 Å². The summed E-state index contributed by atoms with van der Waals surface area (Å²) in [6.45, 7) is 2.81. The highest BCUT2D eigenvalue weighted by Gasteiger charge is 2.15. The van der Waals surface area contributed by atoms with E-state index < -0.39 is 0 Å². The highest BCUT2D eigenvalue weighted by molar-refractivity contribution is 14.1. The Hall–Kier alpha value is -1.02. The number of oxime groups is 1. The normalized spacial score (nSPS) is 11.4. The molecule has 0 radical (unpaired) electrons. The molecule has 0 saturated heterocycles. The number of rotatable bonds is 5. The van der Waals surface area contributed by atoms with Crippen LogP contribution in [-0.4, -0.2) is 34.9 Å². The fraction of sp³-hybridized carbons (Fsp3) is 0.333. The van der Waals surface area contributed by atoms with Crippen molar-refractivity contribution in [3.8, 4) is 0 Å². The monoisotopic (exact) mass is 395 g/mol. The Morgan fingerprint density at radius 3 is 2.79 bits per heavy atom. The lowest BCUT2D eigenvalue weighted by molar-refractivity contribution is 0.0768. The van der Waals surface area contributed by atoms with Gasteiger partial charge in [-0.3, -0.25) is 4.79 Å². The third-order valence-corrected chi connectivity index (χ3v) is 4.17. The largest absolute Gasteiger partial charge is 0.409 e. The molecule has 0 aliphatic rings. The van der Waals surface area contributed by atoms with Gasteiger partial charge in [-0.25, -0.2) is 0 Å². The Labute approximate surface area is 130 Å². The van der Waals surface area contributed by atoms with Gasteiger partial charge in [-0.05, 0) is 47.7 Å². The van der Waals surface area contributed by atoms with Crippen molar-refractivity contribution >= 4 is 45.9 Å². The second kappa shape index (κ2) is 7.54. The van der Waals surface area contributed by atoms with Gasteiger partial charge in [0.15, 0.2) is 0 Å². The van der Waals surface area contributed by atoms with Gasteiger partial charge in [-0.1, -0.05) is 16.8 Å². The lowest BCUT2D eigenvalue weighted by Crippen LogP contribution is -2.34. The molecular weight excluding hydrogens is 381 g/mol. The minimum absolute atomic E-state index is 0.104. The molecule has 1 aromatic rings. The van der Waals surface area contributed by atoms with Crippen LogP contribution in [0.3, 0.4) is 0 Å². The minimum Gasteiger partial charge on any atom is -0.409 e. The lowest BCUT2D eigenvalue weighted by atomic mass is 10.2. The quantitative estimate of drug-likeness (QED) is 0.264. The van der Waals surface area contributed by atoms with Crippen LogP contribution in [0.1, 0.15) is 23.7 Å². The number of carbonyl (C=O) groups excluding carboxylic acids is 1. The number of nitrogens with zero attached hydrogens (tertiary/aromatic N) is 2. The molecule has 5 nitrogen and oxygen atoms in total. The fourth-order valence-corrected chi connectivity index (χ4v) is 2.03. The Balaban J connectivity index is 2.80. The highest BCUT2D eigenvalue weighted by atomic mass is 127. The van der Waals surface area contributed by atoms with Gasteiger partial charge < -0.3 is 15.8 Å². The molecule has 3 N–H and O–H groups in total. The van der Waals surface area contributed by atoms with E-state index in [1.165, 1.54) is 0 Å². The smallest absolute Gasteiger partial charge is 0.253 e. The van der Waals surface area contributed by atoms with Crippen LogP contribution < -0.4 is 5.73 Å². The second-order valence-corrected chi connectivity index (χ2v) is 5.42. The van der Waals surface area contributed by atoms with Crippen LogP contribution in [0.15, 0.2) is 23.4 Å². The molecule has 0 spiro atoms. The summed E-state index contributed by atoms with van der Waals surface area (Å²) < 4.78 is 0.899. The molecule has 0 heterocycles. The molecule has 7 heteroatoms. The van der Waals surface area contributed by atoms with Gasteiger partial charge in [0.2, 0.25) is 0 Å².